The normalized spacial score (nSPS) is 17.7. The first-order valence-electron chi connectivity index (χ1n) is 18.7. The van der Waals surface area contributed by atoms with Crippen LogP contribution in [-0.2, 0) is 26.6 Å². The summed E-state index contributed by atoms with van der Waals surface area (Å²) >= 11 is 2.09. The van der Waals surface area contributed by atoms with E-state index in [0.29, 0.717) is 39.6 Å². The Morgan fingerprint density at radius 3 is 1.13 bits per heavy atom. The van der Waals surface area contributed by atoms with E-state index in [1.54, 1.807) is 0 Å². The molecule has 0 aromatic carbocycles. The largest absolute Gasteiger partial charge is 0.500 e. The lowest BCUT2D eigenvalue weighted by Crippen LogP contribution is -2.48. The minimum Gasteiger partial charge on any atom is -0.374 e. The topological polar surface area (TPSA) is 68.3 Å². The van der Waals surface area contributed by atoms with E-state index in [1.807, 2.05) is 41.5 Å². The molecule has 0 unspecified atom stereocenters. The van der Waals surface area contributed by atoms with Crippen LogP contribution in [0.5, 0.6) is 0 Å². The van der Waals surface area contributed by atoms with Crippen LogP contribution in [0.3, 0.4) is 0 Å². The van der Waals surface area contributed by atoms with Crippen molar-refractivity contribution < 1.29 is 26.6 Å². The van der Waals surface area contributed by atoms with E-state index < -0.39 is 17.6 Å². The second kappa shape index (κ2) is 28.1. The maximum absolute atomic E-state index is 5.95. The number of rotatable bonds is 26. The van der Waals surface area contributed by atoms with Crippen molar-refractivity contribution in [2.45, 2.75) is 93.2 Å². The van der Waals surface area contributed by atoms with Crippen molar-refractivity contribution in [2.75, 3.05) is 123 Å². The standard InChI is InChI=1S/C18H40N2O3SSi.C15H34N2O3Si/c1-5-9-16-24-18-20-14-12-19(13-15-20)11-10-17-25(21-6-2,22-7-3)23-8-4;1-5-16-11-13-17(14-12-16)10-9-15-21(18-6-2,19-7-3)20-8-4/h5-18H2,1-4H3;5-15H2,1-4H3. The van der Waals surface area contributed by atoms with Crippen molar-refractivity contribution in [2.24, 2.45) is 0 Å². The van der Waals surface area contributed by atoms with Gasteiger partial charge in [-0.05, 0) is 86.2 Å². The molecular weight excluding hydrogens is 637 g/mol. The molecule has 2 aliphatic heterocycles. The lowest BCUT2D eigenvalue weighted by molar-refractivity contribution is 0.0681. The van der Waals surface area contributed by atoms with E-state index in [-0.39, 0.29) is 0 Å². The summed E-state index contributed by atoms with van der Waals surface area (Å²) in [5.74, 6) is 2.50. The molecule has 0 spiro atoms. The van der Waals surface area contributed by atoms with Gasteiger partial charge < -0.3 is 41.3 Å². The van der Waals surface area contributed by atoms with E-state index in [2.05, 4.69) is 45.2 Å². The maximum atomic E-state index is 5.95. The van der Waals surface area contributed by atoms with Gasteiger partial charge in [0.2, 0.25) is 0 Å². The molecule has 0 atom stereocenters. The van der Waals surface area contributed by atoms with E-state index in [9.17, 15) is 0 Å². The number of nitrogens with zero attached hydrogens (tertiary/aromatic N) is 4. The Morgan fingerprint density at radius 2 is 0.804 bits per heavy atom. The van der Waals surface area contributed by atoms with Crippen LogP contribution >= 0.6 is 11.8 Å². The number of unbranched alkanes of at least 4 members (excludes halogenated alkanes) is 1. The number of hydrogen-bond acceptors (Lipinski definition) is 11. The van der Waals surface area contributed by atoms with Crippen LogP contribution in [0, 0.1) is 0 Å². The average Bonchev–Trinajstić information content (AvgIpc) is 3.05. The molecule has 0 saturated carbocycles. The van der Waals surface area contributed by atoms with E-state index in [1.165, 1.54) is 83.4 Å². The molecule has 2 rings (SSSR count). The second-order valence-corrected chi connectivity index (χ2v) is 18.3. The highest BCUT2D eigenvalue weighted by molar-refractivity contribution is 7.99. The molecule has 2 saturated heterocycles. The van der Waals surface area contributed by atoms with Crippen molar-refractivity contribution in [3.63, 3.8) is 0 Å². The predicted molar refractivity (Wildman–Crippen MR) is 199 cm³/mol. The molecule has 2 heterocycles. The van der Waals surface area contributed by atoms with Crippen LogP contribution in [0.1, 0.15) is 81.1 Å². The van der Waals surface area contributed by atoms with Crippen molar-refractivity contribution in [3.05, 3.63) is 0 Å². The van der Waals surface area contributed by atoms with Gasteiger partial charge in [0.05, 0.1) is 0 Å². The molecule has 0 bridgehead atoms. The van der Waals surface area contributed by atoms with Crippen LogP contribution in [0.2, 0.25) is 12.1 Å². The number of thioether (sulfide) groups is 1. The van der Waals surface area contributed by atoms with Gasteiger partial charge in [-0.1, -0.05) is 20.3 Å². The Kier molecular flexibility index (Phi) is 27.1. The average molecular weight is 711 g/mol. The summed E-state index contributed by atoms with van der Waals surface area (Å²) in [5, 5.41) is 0. The van der Waals surface area contributed by atoms with Crippen molar-refractivity contribution >= 4 is 29.4 Å². The molecule has 0 aromatic rings. The summed E-state index contributed by atoms with van der Waals surface area (Å²) < 4.78 is 35.5. The minimum atomic E-state index is -2.46. The fourth-order valence-corrected chi connectivity index (χ4v) is 12.3. The minimum absolute atomic E-state index is 0.667. The second-order valence-electron chi connectivity index (χ2n) is 11.8. The molecule has 13 heteroatoms. The third kappa shape index (κ3) is 19.0. The lowest BCUT2D eigenvalue weighted by atomic mass is 10.3. The van der Waals surface area contributed by atoms with Crippen molar-refractivity contribution in [1.82, 2.24) is 19.6 Å². The Balaban J connectivity index is 0.000000467. The number of piperazine rings is 2. The monoisotopic (exact) mass is 710 g/mol. The van der Waals surface area contributed by atoms with Crippen molar-refractivity contribution in [3.8, 4) is 0 Å². The van der Waals surface area contributed by atoms with Gasteiger partial charge in [-0.25, -0.2) is 0 Å². The van der Waals surface area contributed by atoms with E-state index >= 15 is 0 Å². The quantitative estimate of drug-likeness (QED) is 0.0834. The van der Waals surface area contributed by atoms with Crippen LogP contribution in [0.25, 0.3) is 0 Å². The first kappa shape index (κ1) is 44.4. The van der Waals surface area contributed by atoms with E-state index in [0.717, 1.165) is 38.0 Å². The Hall–Kier alpha value is 0.384. The number of hydrogen-bond donors (Lipinski definition) is 0. The zero-order chi connectivity index (χ0) is 33.9. The fraction of sp³-hybridized carbons (Fsp3) is 1.00. The first-order valence-corrected chi connectivity index (χ1v) is 23.7. The zero-order valence-corrected chi connectivity index (χ0v) is 34.1. The molecule has 2 aliphatic rings. The van der Waals surface area contributed by atoms with Crippen LogP contribution in [0.15, 0.2) is 0 Å². The molecule has 10 nitrogen and oxygen atoms in total. The van der Waals surface area contributed by atoms with Gasteiger partial charge >= 0.3 is 17.6 Å². The van der Waals surface area contributed by atoms with Gasteiger partial charge in [-0.3, -0.25) is 4.90 Å². The molecule has 276 valence electrons. The molecule has 46 heavy (non-hydrogen) atoms. The summed E-state index contributed by atoms with van der Waals surface area (Å²) in [5.41, 5.74) is 0. The van der Waals surface area contributed by atoms with Crippen LogP contribution < -0.4 is 0 Å². The summed E-state index contributed by atoms with van der Waals surface area (Å²) in [6.07, 6.45) is 4.84. The first-order chi connectivity index (χ1) is 22.4. The SMILES string of the molecule is CCCCSCN1CCN(CCC[Si](OCC)(OCC)OCC)CC1.CCO[Si](CCCN1CCN(CC)CC1)(OCC)OCC. The number of likely N-dealkylation sites (N-methyl/N-ethyl adjacent to an activating group) is 1. The highest BCUT2D eigenvalue weighted by Gasteiger charge is 2.40. The molecule has 0 radical (unpaired) electrons. The van der Waals surface area contributed by atoms with E-state index in [4.69, 9.17) is 26.6 Å². The summed E-state index contributed by atoms with van der Waals surface area (Å²) in [6.45, 7) is 33.6. The fourth-order valence-electron chi connectivity index (χ4n) is 5.95. The smallest absolute Gasteiger partial charge is 0.374 e. The van der Waals surface area contributed by atoms with Gasteiger partial charge in [0, 0.05) is 110 Å². The third-order valence-electron chi connectivity index (χ3n) is 8.39. The summed E-state index contributed by atoms with van der Waals surface area (Å²) in [6, 6.07) is 1.85. The predicted octanol–water partition coefficient (Wildman–Crippen LogP) is 5.60. The van der Waals surface area contributed by atoms with Gasteiger partial charge in [0.1, 0.15) is 0 Å². The Morgan fingerprint density at radius 1 is 0.457 bits per heavy atom. The molecule has 0 N–H and O–H groups in total. The molecule has 0 aromatic heterocycles. The molecule has 0 amide bonds. The summed E-state index contributed by atoms with van der Waals surface area (Å²) in [4.78, 5) is 10.2. The third-order valence-corrected chi connectivity index (χ3v) is 15.8. The highest BCUT2D eigenvalue weighted by atomic mass is 32.2. The molecular formula is C33H74N4O6SSi2. The van der Waals surface area contributed by atoms with Gasteiger partial charge in [0.25, 0.3) is 0 Å². The van der Waals surface area contributed by atoms with Gasteiger partial charge in [-0.2, -0.15) is 0 Å². The van der Waals surface area contributed by atoms with Gasteiger partial charge in [-0.15, -0.1) is 11.8 Å². The van der Waals surface area contributed by atoms with Crippen molar-refractivity contribution in [1.29, 1.82) is 0 Å². The zero-order valence-electron chi connectivity index (χ0n) is 31.3. The highest BCUT2D eigenvalue weighted by Crippen LogP contribution is 2.20. The van der Waals surface area contributed by atoms with Crippen LogP contribution in [-0.4, -0.2) is 160 Å². The molecule has 0 aliphatic carbocycles. The van der Waals surface area contributed by atoms with Crippen LogP contribution in [0.4, 0.5) is 0 Å². The summed E-state index contributed by atoms with van der Waals surface area (Å²) in [7, 11) is -4.90. The van der Waals surface area contributed by atoms with Gasteiger partial charge in [0.15, 0.2) is 0 Å². The Labute approximate surface area is 291 Å². The Bertz CT molecular complexity index is 658. The lowest BCUT2D eigenvalue weighted by Gasteiger charge is -2.35. The molecule has 2 fully saturated rings. The maximum Gasteiger partial charge on any atom is 0.500 e.